The van der Waals surface area contributed by atoms with E-state index in [9.17, 15) is 9.59 Å². The number of rotatable bonds is 4. The Kier molecular flexibility index (Phi) is 4.20. The quantitative estimate of drug-likeness (QED) is 0.851. The van der Waals surface area contributed by atoms with Gasteiger partial charge in [-0.1, -0.05) is 30.3 Å². The lowest BCUT2D eigenvalue weighted by atomic mass is 9.78. The normalized spacial score (nSPS) is 27.9. The Hall–Kier alpha value is -2.74. The van der Waals surface area contributed by atoms with Crippen LogP contribution < -0.4 is 5.32 Å². The van der Waals surface area contributed by atoms with Crippen LogP contribution in [0.2, 0.25) is 0 Å². The van der Waals surface area contributed by atoms with Crippen LogP contribution in [0, 0.1) is 5.92 Å². The van der Waals surface area contributed by atoms with Crippen molar-refractivity contribution in [3.8, 4) is 0 Å². The molecule has 1 aromatic heterocycles. The Labute approximate surface area is 169 Å². The van der Waals surface area contributed by atoms with Gasteiger partial charge in [0, 0.05) is 30.8 Å². The molecular weight excluding hydrogens is 370 g/mol. The van der Waals surface area contributed by atoms with E-state index in [2.05, 4.69) is 20.4 Å². The molecule has 2 aromatic rings. The molecule has 1 spiro atoms. The van der Waals surface area contributed by atoms with E-state index in [1.165, 1.54) is 0 Å². The number of hydrogen-bond donors (Lipinski definition) is 1. The average Bonchev–Trinajstić information content (AvgIpc) is 3.47. The van der Waals surface area contributed by atoms with Gasteiger partial charge in [0.2, 0.25) is 17.7 Å². The van der Waals surface area contributed by atoms with Gasteiger partial charge in [0.1, 0.15) is 5.54 Å². The maximum Gasteiger partial charge on any atom is 0.250 e. The molecule has 0 bridgehead atoms. The molecule has 0 aliphatic carbocycles. The minimum Gasteiger partial charge on any atom is -0.339 e. The van der Waals surface area contributed by atoms with Gasteiger partial charge in [0.25, 0.3) is 0 Å². The van der Waals surface area contributed by atoms with Crippen molar-refractivity contribution >= 4 is 17.5 Å². The van der Waals surface area contributed by atoms with Crippen LogP contribution in [0.15, 0.2) is 28.8 Å². The summed E-state index contributed by atoms with van der Waals surface area (Å²) in [7, 11) is 1.75. The van der Waals surface area contributed by atoms with Gasteiger partial charge in [0.05, 0.1) is 12.5 Å². The molecule has 0 radical (unpaired) electrons. The first-order valence-electron chi connectivity index (χ1n) is 10.3. The highest BCUT2D eigenvalue weighted by molar-refractivity contribution is 6.09. The summed E-state index contributed by atoms with van der Waals surface area (Å²) >= 11 is 0. The summed E-state index contributed by atoms with van der Waals surface area (Å²) in [6, 6.07) is 8.02. The maximum absolute atomic E-state index is 13.6. The Morgan fingerprint density at radius 2 is 2.24 bits per heavy atom. The van der Waals surface area contributed by atoms with Crippen molar-refractivity contribution in [1.82, 2.24) is 19.9 Å². The number of carbonyl (C=O) groups excluding carboxylic acids is 2. The molecule has 0 unspecified atom stereocenters. The van der Waals surface area contributed by atoms with Crippen LogP contribution in [0.1, 0.15) is 43.5 Å². The lowest BCUT2D eigenvalue weighted by Crippen LogP contribution is -2.54. The van der Waals surface area contributed by atoms with E-state index >= 15 is 0 Å². The standard InChI is InChI=1S/C21H25N5O3/c1-3-18-23-17(24-29-18)12-25(2)19(27)15-11-13-7-6-10-26(13)21(15)14-8-4-5-9-16(14)22-20(21)28/h4-5,8-9,13,15H,3,6-7,10-12H2,1-2H3,(H,22,28)/t13-,15-,21+/m1/s1. The number of nitrogens with zero attached hydrogens (tertiary/aromatic N) is 4. The van der Waals surface area contributed by atoms with Crippen molar-refractivity contribution in [3.05, 3.63) is 41.5 Å². The molecule has 1 aromatic carbocycles. The third kappa shape index (κ3) is 2.55. The Bertz CT molecular complexity index is 973. The van der Waals surface area contributed by atoms with E-state index in [0.29, 0.717) is 24.6 Å². The lowest BCUT2D eigenvalue weighted by molar-refractivity contribution is -0.143. The summed E-state index contributed by atoms with van der Waals surface area (Å²) < 4.78 is 5.17. The van der Waals surface area contributed by atoms with E-state index in [1.54, 1.807) is 11.9 Å². The highest BCUT2D eigenvalue weighted by atomic mass is 16.5. The van der Waals surface area contributed by atoms with Crippen molar-refractivity contribution in [2.75, 3.05) is 18.9 Å². The van der Waals surface area contributed by atoms with Crippen molar-refractivity contribution in [2.45, 2.75) is 50.7 Å². The summed E-state index contributed by atoms with van der Waals surface area (Å²) in [4.78, 5) is 35.2. The van der Waals surface area contributed by atoms with Crippen molar-refractivity contribution in [3.63, 3.8) is 0 Å². The molecule has 1 N–H and O–H groups in total. The van der Waals surface area contributed by atoms with E-state index in [4.69, 9.17) is 4.52 Å². The SMILES string of the molecule is CCc1nc(CN(C)C(=O)[C@H]2C[C@H]3CCCN3[C@]23C(=O)Nc2ccccc23)no1. The second-order valence-electron chi connectivity index (χ2n) is 8.20. The summed E-state index contributed by atoms with van der Waals surface area (Å²) in [5, 5.41) is 7.00. The number of fused-ring (bicyclic) bond motifs is 4. The number of aryl methyl sites for hydroxylation is 1. The number of benzene rings is 1. The smallest absolute Gasteiger partial charge is 0.250 e. The predicted octanol–water partition coefficient (Wildman–Crippen LogP) is 1.92. The van der Waals surface area contributed by atoms with Gasteiger partial charge in [-0.15, -0.1) is 0 Å². The van der Waals surface area contributed by atoms with Crippen LogP contribution in [-0.2, 0) is 28.1 Å². The van der Waals surface area contributed by atoms with Gasteiger partial charge in [-0.25, -0.2) is 0 Å². The Morgan fingerprint density at radius 1 is 1.41 bits per heavy atom. The molecule has 2 amide bonds. The Morgan fingerprint density at radius 3 is 3.03 bits per heavy atom. The third-order valence-electron chi connectivity index (χ3n) is 6.64. The molecule has 8 nitrogen and oxygen atoms in total. The van der Waals surface area contributed by atoms with Gasteiger partial charge in [-0.3, -0.25) is 14.5 Å². The highest BCUT2D eigenvalue weighted by Gasteiger charge is 2.65. The van der Waals surface area contributed by atoms with Crippen LogP contribution >= 0.6 is 0 Å². The van der Waals surface area contributed by atoms with Crippen molar-refractivity contribution < 1.29 is 14.1 Å². The van der Waals surface area contributed by atoms with Gasteiger partial charge in [-0.2, -0.15) is 4.98 Å². The molecule has 29 heavy (non-hydrogen) atoms. The topological polar surface area (TPSA) is 91.6 Å². The fourth-order valence-electron chi connectivity index (χ4n) is 5.42. The van der Waals surface area contributed by atoms with E-state index in [1.807, 2.05) is 31.2 Å². The highest BCUT2D eigenvalue weighted by Crippen LogP contribution is 2.55. The summed E-state index contributed by atoms with van der Waals surface area (Å²) in [5.41, 5.74) is 0.819. The van der Waals surface area contributed by atoms with Gasteiger partial charge < -0.3 is 14.7 Å². The molecule has 0 saturated carbocycles. The molecule has 152 valence electrons. The van der Waals surface area contributed by atoms with Gasteiger partial charge >= 0.3 is 0 Å². The largest absolute Gasteiger partial charge is 0.339 e. The first-order chi connectivity index (χ1) is 14.1. The monoisotopic (exact) mass is 395 g/mol. The Balaban J connectivity index is 1.50. The number of carbonyl (C=O) groups is 2. The lowest BCUT2D eigenvalue weighted by Gasteiger charge is -2.37. The second kappa shape index (κ2) is 6.66. The predicted molar refractivity (Wildman–Crippen MR) is 105 cm³/mol. The van der Waals surface area contributed by atoms with E-state index in [-0.39, 0.29) is 24.4 Å². The van der Waals surface area contributed by atoms with Crippen molar-refractivity contribution in [2.24, 2.45) is 5.92 Å². The second-order valence-corrected chi connectivity index (χ2v) is 8.20. The molecule has 3 aliphatic heterocycles. The summed E-state index contributed by atoms with van der Waals surface area (Å²) in [5.74, 6) is 0.486. The number of aromatic nitrogens is 2. The van der Waals surface area contributed by atoms with Crippen LogP contribution in [0.25, 0.3) is 0 Å². The number of para-hydroxylation sites is 1. The van der Waals surface area contributed by atoms with E-state index in [0.717, 1.165) is 30.6 Å². The van der Waals surface area contributed by atoms with Crippen LogP contribution in [0.5, 0.6) is 0 Å². The van der Waals surface area contributed by atoms with E-state index < -0.39 is 11.5 Å². The van der Waals surface area contributed by atoms with Crippen molar-refractivity contribution in [1.29, 1.82) is 0 Å². The average molecular weight is 395 g/mol. The fraction of sp³-hybridized carbons (Fsp3) is 0.524. The molecular formula is C21H25N5O3. The molecule has 2 fully saturated rings. The van der Waals surface area contributed by atoms with Crippen LogP contribution in [-0.4, -0.2) is 51.4 Å². The zero-order chi connectivity index (χ0) is 20.2. The minimum atomic E-state index is -0.922. The number of amides is 2. The fourth-order valence-corrected chi connectivity index (χ4v) is 5.42. The summed E-state index contributed by atoms with van der Waals surface area (Å²) in [6.45, 7) is 3.05. The molecule has 3 aliphatic rings. The molecule has 8 heteroatoms. The number of anilines is 1. The third-order valence-corrected chi connectivity index (χ3v) is 6.64. The first-order valence-corrected chi connectivity index (χ1v) is 10.3. The molecule has 4 heterocycles. The number of hydrogen-bond acceptors (Lipinski definition) is 6. The van der Waals surface area contributed by atoms with Crippen LogP contribution in [0.3, 0.4) is 0 Å². The van der Waals surface area contributed by atoms with Crippen LogP contribution in [0.4, 0.5) is 5.69 Å². The van der Waals surface area contributed by atoms with Gasteiger partial charge in [0.15, 0.2) is 5.82 Å². The summed E-state index contributed by atoms with van der Waals surface area (Å²) in [6.07, 6.45) is 3.43. The van der Waals surface area contributed by atoms with Gasteiger partial charge in [-0.05, 0) is 31.9 Å². The molecule has 5 rings (SSSR count). The zero-order valence-electron chi connectivity index (χ0n) is 16.7. The first kappa shape index (κ1) is 18.3. The zero-order valence-corrected chi connectivity index (χ0v) is 16.7. The number of nitrogens with one attached hydrogen (secondary N) is 1. The molecule has 3 atom stereocenters. The minimum absolute atomic E-state index is 0.0471. The maximum atomic E-state index is 13.6. The molecule has 2 saturated heterocycles.